The molecule has 1 spiro atoms. The third kappa shape index (κ3) is 3.69. The topological polar surface area (TPSA) is 128 Å². The molecule has 1 aliphatic carbocycles. The Morgan fingerprint density at radius 1 is 1.10 bits per heavy atom. The number of anilines is 1. The molecular weight excluding hydrogens is 394 g/mol. The van der Waals surface area contributed by atoms with Crippen LogP contribution in [0.25, 0.3) is 0 Å². The Morgan fingerprint density at radius 2 is 1.77 bits per heavy atom. The van der Waals surface area contributed by atoms with Crippen LogP contribution < -0.4 is 14.8 Å². The molecule has 0 radical (unpaired) electrons. The zero-order valence-electron chi connectivity index (χ0n) is 16.5. The monoisotopic (exact) mass is 417 g/mol. The summed E-state index contributed by atoms with van der Waals surface area (Å²) in [5, 5.41) is 13.9. The predicted molar refractivity (Wildman–Crippen MR) is 104 cm³/mol. The van der Waals surface area contributed by atoms with Crippen LogP contribution in [0.2, 0.25) is 0 Å². The van der Waals surface area contributed by atoms with Gasteiger partial charge in [0.1, 0.15) is 12.2 Å². The van der Waals surface area contributed by atoms with Crippen molar-refractivity contribution >= 4 is 29.1 Å². The van der Waals surface area contributed by atoms with Gasteiger partial charge in [-0.1, -0.05) is 19.3 Å². The van der Waals surface area contributed by atoms with E-state index < -0.39 is 22.8 Å². The summed E-state index contributed by atoms with van der Waals surface area (Å²) in [4.78, 5) is 49.7. The molecule has 0 unspecified atom stereocenters. The van der Waals surface area contributed by atoms with Gasteiger partial charge in [0.05, 0.1) is 29.6 Å². The fraction of sp³-hybridized carbons (Fsp3) is 0.550. The van der Waals surface area contributed by atoms with Gasteiger partial charge in [-0.05, 0) is 12.8 Å². The van der Waals surface area contributed by atoms with Crippen LogP contribution >= 0.6 is 0 Å². The number of imide groups is 1. The number of carbonyl (C=O) groups is 3. The maximum absolute atomic E-state index is 12.9. The van der Waals surface area contributed by atoms with Gasteiger partial charge in [-0.3, -0.25) is 29.4 Å². The van der Waals surface area contributed by atoms with E-state index in [1.807, 2.05) is 0 Å². The lowest BCUT2D eigenvalue weighted by Crippen LogP contribution is -2.41. The number of rotatable bonds is 4. The first-order valence-corrected chi connectivity index (χ1v) is 10.1. The molecule has 2 fully saturated rings. The number of nitro groups is 1. The number of hydrogen-bond acceptors (Lipinski definition) is 7. The van der Waals surface area contributed by atoms with E-state index in [-0.39, 0.29) is 35.4 Å². The predicted octanol–water partition coefficient (Wildman–Crippen LogP) is 2.40. The van der Waals surface area contributed by atoms with Crippen molar-refractivity contribution in [1.29, 1.82) is 0 Å². The molecule has 10 heteroatoms. The van der Waals surface area contributed by atoms with Gasteiger partial charge in [0.2, 0.25) is 17.7 Å². The van der Waals surface area contributed by atoms with E-state index in [0.717, 1.165) is 24.2 Å². The summed E-state index contributed by atoms with van der Waals surface area (Å²) in [5.41, 5.74) is -1.10. The molecule has 10 nitrogen and oxygen atoms in total. The van der Waals surface area contributed by atoms with Crippen LogP contribution in [0.15, 0.2) is 12.1 Å². The molecule has 1 aromatic rings. The Labute approximate surface area is 172 Å². The minimum Gasteiger partial charge on any atom is -0.489 e. The minimum atomic E-state index is -0.684. The summed E-state index contributed by atoms with van der Waals surface area (Å²) in [6, 6.07) is 2.55. The lowest BCUT2D eigenvalue weighted by Gasteiger charge is -2.30. The first-order chi connectivity index (χ1) is 14.4. The summed E-state index contributed by atoms with van der Waals surface area (Å²) < 4.78 is 11.0. The molecule has 0 bridgehead atoms. The highest BCUT2D eigenvalue weighted by Gasteiger charge is 2.51. The normalized spacial score (nSPS) is 20.2. The SMILES string of the molecule is O=C(CN1C(=O)CC2(CCCCC2)C1=O)Nc1cc2c(cc1[N+](=O)[O-])OCCCO2. The molecule has 0 aromatic heterocycles. The number of amides is 3. The summed E-state index contributed by atoms with van der Waals surface area (Å²) in [6.07, 6.45) is 4.89. The number of benzene rings is 1. The van der Waals surface area contributed by atoms with Crippen molar-refractivity contribution in [2.75, 3.05) is 25.1 Å². The van der Waals surface area contributed by atoms with Crippen molar-refractivity contribution < 1.29 is 28.8 Å². The number of nitrogens with one attached hydrogen (secondary N) is 1. The standard InChI is InChI=1S/C20H23N3O7/c24-17(12-22-18(25)11-20(19(22)26)5-2-1-3-6-20)21-13-9-15-16(10-14(13)23(27)28)30-8-4-7-29-15/h9-10H,1-8,11-12H2,(H,21,24). The van der Waals surface area contributed by atoms with Crippen LogP contribution in [-0.2, 0) is 14.4 Å². The largest absolute Gasteiger partial charge is 0.489 e. The molecule has 1 aromatic carbocycles. The molecule has 0 atom stereocenters. The Hall–Kier alpha value is -3.17. The second kappa shape index (κ2) is 7.92. The summed E-state index contributed by atoms with van der Waals surface area (Å²) in [6.45, 7) is 0.291. The van der Waals surface area contributed by atoms with E-state index in [0.29, 0.717) is 38.2 Å². The maximum Gasteiger partial charge on any atom is 0.296 e. The molecule has 4 rings (SSSR count). The van der Waals surface area contributed by atoms with Crippen LogP contribution in [0, 0.1) is 15.5 Å². The van der Waals surface area contributed by atoms with E-state index >= 15 is 0 Å². The average molecular weight is 417 g/mol. The fourth-order valence-electron chi connectivity index (χ4n) is 4.42. The Balaban J connectivity index is 1.51. The quantitative estimate of drug-likeness (QED) is 0.452. The van der Waals surface area contributed by atoms with E-state index in [1.54, 1.807) is 0 Å². The summed E-state index contributed by atoms with van der Waals surface area (Å²) in [7, 11) is 0. The van der Waals surface area contributed by atoms with E-state index in [9.17, 15) is 24.5 Å². The van der Waals surface area contributed by atoms with Gasteiger partial charge in [0, 0.05) is 18.9 Å². The summed E-state index contributed by atoms with van der Waals surface area (Å²) in [5.74, 6) is -0.827. The molecule has 1 saturated carbocycles. The number of hydrogen-bond donors (Lipinski definition) is 1. The lowest BCUT2D eigenvalue weighted by atomic mass is 9.73. The number of nitro benzene ring substituents is 1. The first kappa shape index (κ1) is 20.1. The van der Waals surface area contributed by atoms with Crippen LogP contribution in [0.1, 0.15) is 44.9 Å². The number of fused-ring (bicyclic) bond motifs is 1. The molecule has 1 N–H and O–H groups in total. The zero-order chi connectivity index (χ0) is 21.3. The number of likely N-dealkylation sites (tertiary alicyclic amines) is 1. The second-order valence-corrected chi connectivity index (χ2v) is 7.97. The highest BCUT2D eigenvalue weighted by atomic mass is 16.6. The second-order valence-electron chi connectivity index (χ2n) is 7.97. The molecular formula is C20H23N3O7. The van der Waals surface area contributed by atoms with Gasteiger partial charge in [-0.15, -0.1) is 0 Å². The van der Waals surface area contributed by atoms with Crippen molar-refractivity contribution in [1.82, 2.24) is 4.90 Å². The van der Waals surface area contributed by atoms with Gasteiger partial charge >= 0.3 is 0 Å². The molecule has 3 amide bonds. The Kier molecular flexibility index (Phi) is 5.31. The van der Waals surface area contributed by atoms with Gasteiger partial charge < -0.3 is 14.8 Å². The van der Waals surface area contributed by atoms with E-state index in [4.69, 9.17) is 9.47 Å². The maximum atomic E-state index is 12.9. The highest BCUT2D eigenvalue weighted by Crippen LogP contribution is 2.45. The highest BCUT2D eigenvalue weighted by molar-refractivity contribution is 6.09. The van der Waals surface area contributed by atoms with Crippen LogP contribution in [0.3, 0.4) is 0 Å². The van der Waals surface area contributed by atoms with Gasteiger partial charge in [0.15, 0.2) is 11.5 Å². The van der Waals surface area contributed by atoms with Gasteiger partial charge in [0.25, 0.3) is 5.69 Å². The number of carbonyl (C=O) groups excluding carboxylic acids is 3. The molecule has 2 aliphatic heterocycles. The van der Waals surface area contributed by atoms with Gasteiger partial charge in [-0.25, -0.2) is 0 Å². The van der Waals surface area contributed by atoms with E-state index in [1.165, 1.54) is 12.1 Å². The van der Waals surface area contributed by atoms with Crippen LogP contribution in [-0.4, -0.2) is 47.3 Å². The van der Waals surface area contributed by atoms with E-state index in [2.05, 4.69) is 5.32 Å². The van der Waals surface area contributed by atoms with Crippen molar-refractivity contribution in [2.24, 2.45) is 5.41 Å². The van der Waals surface area contributed by atoms with Crippen LogP contribution in [0.5, 0.6) is 11.5 Å². The lowest BCUT2D eigenvalue weighted by molar-refractivity contribution is -0.384. The number of ether oxygens (including phenoxy) is 2. The third-order valence-corrected chi connectivity index (χ3v) is 5.94. The Bertz CT molecular complexity index is 908. The van der Waals surface area contributed by atoms with Gasteiger partial charge in [-0.2, -0.15) is 0 Å². The van der Waals surface area contributed by atoms with Crippen LogP contribution in [0.4, 0.5) is 11.4 Å². The third-order valence-electron chi connectivity index (χ3n) is 5.94. The fourth-order valence-corrected chi connectivity index (χ4v) is 4.42. The number of nitrogens with zero attached hydrogens (tertiary/aromatic N) is 2. The van der Waals surface area contributed by atoms with Crippen molar-refractivity contribution in [3.05, 3.63) is 22.2 Å². The smallest absolute Gasteiger partial charge is 0.296 e. The minimum absolute atomic E-state index is 0.0688. The van der Waals surface area contributed by atoms with Crippen molar-refractivity contribution in [3.63, 3.8) is 0 Å². The molecule has 2 heterocycles. The Morgan fingerprint density at radius 3 is 2.43 bits per heavy atom. The first-order valence-electron chi connectivity index (χ1n) is 10.1. The average Bonchev–Trinajstić information content (AvgIpc) is 2.88. The molecule has 30 heavy (non-hydrogen) atoms. The molecule has 1 saturated heterocycles. The van der Waals surface area contributed by atoms with Crippen molar-refractivity contribution in [2.45, 2.75) is 44.9 Å². The molecule has 3 aliphatic rings. The van der Waals surface area contributed by atoms with Crippen molar-refractivity contribution in [3.8, 4) is 11.5 Å². The molecule has 160 valence electrons. The summed E-state index contributed by atoms with van der Waals surface area (Å²) >= 11 is 0. The zero-order valence-corrected chi connectivity index (χ0v) is 16.5.